The van der Waals surface area contributed by atoms with Crippen LogP contribution in [-0.4, -0.2) is 24.3 Å². The van der Waals surface area contributed by atoms with Crippen LogP contribution >= 0.6 is 11.6 Å². The molecule has 3 amide bonds. The van der Waals surface area contributed by atoms with Crippen molar-refractivity contribution in [3.8, 4) is 0 Å². The van der Waals surface area contributed by atoms with Gasteiger partial charge in [0.25, 0.3) is 11.8 Å². The van der Waals surface area contributed by atoms with Gasteiger partial charge in [0.2, 0.25) is 5.91 Å². The minimum absolute atomic E-state index is 0.0361. The van der Waals surface area contributed by atoms with Gasteiger partial charge in [0.15, 0.2) is 0 Å². The van der Waals surface area contributed by atoms with Crippen molar-refractivity contribution in [2.75, 3.05) is 6.54 Å². The lowest BCUT2D eigenvalue weighted by Crippen LogP contribution is -2.42. The molecule has 24 heavy (non-hydrogen) atoms. The van der Waals surface area contributed by atoms with E-state index in [1.807, 2.05) is 0 Å². The zero-order valence-electron chi connectivity index (χ0n) is 12.7. The van der Waals surface area contributed by atoms with E-state index >= 15 is 0 Å². The number of halogens is 1. The summed E-state index contributed by atoms with van der Waals surface area (Å²) in [6.07, 6.45) is 0.0361. The number of hydrogen-bond donors (Lipinski definition) is 3. The molecule has 0 atom stereocenters. The van der Waals surface area contributed by atoms with E-state index in [0.717, 1.165) is 0 Å². The quantitative estimate of drug-likeness (QED) is 0.723. The Balaban J connectivity index is 1.69. The van der Waals surface area contributed by atoms with Crippen LogP contribution < -0.4 is 16.2 Å². The molecule has 0 aliphatic heterocycles. The third-order valence-electron chi connectivity index (χ3n) is 3.10. The highest BCUT2D eigenvalue weighted by Crippen LogP contribution is 2.09. The molecule has 0 saturated heterocycles. The van der Waals surface area contributed by atoms with Gasteiger partial charge in [0, 0.05) is 29.1 Å². The van der Waals surface area contributed by atoms with Crippen LogP contribution in [-0.2, 0) is 4.79 Å². The zero-order chi connectivity index (χ0) is 17.4. The first-order chi connectivity index (χ1) is 11.6. The SMILES string of the molecule is O=C(CCNC(=O)c1ccc(Cl)cc1)NNC(=O)c1ccccc1. The maximum atomic E-state index is 11.8. The van der Waals surface area contributed by atoms with Crippen LogP contribution in [0, 0.1) is 0 Å². The van der Waals surface area contributed by atoms with E-state index in [9.17, 15) is 14.4 Å². The molecule has 0 heterocycles. The van der Waals surface area contributed by atoms with Gasteiger partial charge in [-0.2, -0.15) is 0 Å². The highest BCUT2D eigenvalue weighted by molar-refractivity contribution is 6.30. The maximum absolute atomic E-state index is 11.8. The summed E-state index contributed by atoms with van der Waals surface area (Å²) in [6, 6.07) is 14.9. The molecule has 3 N–H and O–H groups in total. The zero-order valence-corrected chi connectivity index (χ0v) is 13.5. The molecule has 6 nitrogen and oxygen atoms in total. The molecule has 2 rings (SSSR count). The number of carbonyl (C=O) groups excluding carboxylic acids is 3. The predicted octanol–water partition coefficient (Wildman–Crippen LogP) is 1.92. The Morgan fingerprint density at radius 3 is 2.08 bits per heavy atom. The van der Waals surface area contributed by atoms with Crippen LogP contribution in [0.3, 0.4) is 0 Å². The number of rotatable bonds is 5. The molecular weight excluding hydrogens is 330 g/mol. The summed E-state index contributed by atoms with van der Waals surface area (Å²) in [5, 5.41) is 3.15. The number of benzene rings is 2. The van der Waals surface area contributed by atoms with Crippen molar-refractivity contribution in [1.29, 1.82) is 0 Å². The van der Waals surface area contributed by atoms with Crippen LogP contribution in [0.5, 0.6) is 0 Å². The second kappa shape index (κ2) is 8.69. The lowest BCUT2D eigenvalue weighted by Gasteiger charge is -2.08. The van der Waals surface area contributed by atoms with Crippen molar-refractivity contribution >= 4 is 29.3 Å². The first-order valence-electron chi connectivity index (χ1n) is 7.24. The van der Waals surface area contributed by atoms with Gasteiger partial charge in [-0.25, -0.2) is 0 Å². The van der Waals surface area contributed by atoms with E-state index in [0.29, 0.717) is 16.1 Å². The molecule has 0 aromatic heterocycles. The van der Waals surface area contributed by atoms with Crippen LogP contribution in [0.1, 0.15) is 27.1 Å². The first kappa shape index (κ1) is 17.5. The molecule has 7 heteroatoms. The van der Waals surface area contributed by atoms with E-state index in [2.05, 4.69) is 16.2 Å². The summed E-state index contributed by atoms with van der Waals surface area (Å²) < 4.78 is 0. The Hall–Kier alpha value is -2.86. The topological polar surface area (TPSA) is 87.3 Å². The summed E-state index contributed by atoms with van der Waals surface area (Å²) in [4.78, 5) is 35.2. The fourth-order valence-corrected chi connectivity index (χ4v) is 1.97. The van der Waals surface area contributed by atoms with Gasteiger partial charge in [-0.1, -0.05) is 29.8 Å². The monoisotopic (exact) mass is 345 g/mol. The van der Waals surface area contributed by atoms with Crippen molar-refractivity contribution < 1.29 is 14.4 Å². The summed E-state index contributed by atoms with van der Waals surface area (Å²) in [5.74, 6) is -1.11. The second-order valence-electron chi connectivity index (χ2n) is 4.88. The van der Waals surface area contributed by atoms with Crippen LogP contribution in [0.2, 0.25) is 5.02 Å². The Labute approximate surface area is 144 Å². The molecule has 0 fully saturated rings. The molecule has 2 aromatic rings. The average molecular weight is 346 g/mol. The minimum atomic E-state index is -0.408. The Morgan fingerprint density at radius 1 is 0.792 bits per heavy atom. The second-order valence-corrected chi connectivity index (χ2v) is 5.32. The molecule has 0 aliphatic carbocycles. The molecule has 0 bridgehead atoms. The number of amides is 3. The molecule has 0 spiro atoms. The normalized spacial score (nSPS) is 9.88. The first-order valence-corrected chi connectivity index (χ1v) is 7.62. The van der Waals surface area contributed by atoms with Gasteiger partial charge in [-0.3, -0.25) is 25.2 Å². The van der Waals surface area contributed by atoms with E-state index in [1.165, 1.54) is 0 Å². The van der Waals surface area contributed by atoms with Gasteiger partial charge in [0.1, 0.15) is 0 Å². The largest absolute Gasteiger partial charge is 0.352 e. The standard InChI is InChI=1S/C17H16ClN3O3/c18-14-8-6-13(7-9-14)16(23)19-11-10-15(22)20-21-17(24)12-4-2-1-3-5-12/h1-9H,10-11H2,(H,19,23)(H,20,22)(H,21,24). The molecule has 0 saturated carbocycles. The van der Waals surface area contributed by atoms with Crippen LogP contribution in [0.15, 0.2) is 54.6 Å². The smallest absolute Gasteiger partial charge is 0.269 e. The number of hydrogen-bond acceptors (Lipinski definition) is 3. The van der Waals surface area contributed by atoms with Crippen molar-refractivity contribution in [3.05, 3.63) is 70.7 Å². The lowest BCUT2D eigenvalue weighted by atomic mass is 10.2. The van der Waals surface area contributed by atoms with Crippen molar-refractivity contribution in [1.82, 2.24) is 16.2 Å². The molecule has 0 radical (unpaired) electrons. The fraction of sp³-hybridized carbons (Fsp3) is 0.118. The van der Waals surface area contributed by atoms with Gasteiger partial charge in [-0.05, 0) is 36.4 Å². The fourth-order valence-electron chi connectivity index (χ4n) is 1.84. The van der Waals surface area contributed by atoms with Gasteiger partial charge >= 0.3 is 0 Å². The molecule has 2 aromatic carbocycles. The van der Waals surface area contributed by atoms with E-state index in [4.69, 9.17) is 11.6 Å². The summed E-state index contributed by atoms with van der Waals surface area (Å²) in [6.45, 7) is 0.147. The highest BCUT2D eigenvalue weighted by atomic mass is 35.5. The predicted molar refractivity (Wildman–Crippen MR) is 90.5 cm³/mol. The number of hydrazine groups is 1. The molecule has 0 unspecified atom stereocenters. The Kier molecular flexibility index (Phi) is 6.33. The average Bonchev–Trinajstić information content (AvgIpc) is 2.61. The van der Waals surface area contributed by atoms with Gasteiger partial charge in [-0.15, -0.1) is 0 Å². The molecule has 0 aliphatic rings. The van der Waals surface area contributed by atoms with Crippen LogP contribution in [0.25, 0.3) is 0 Å². The molecular formula is C17H16ClN3O3. The Bertz CT molecular complexity index is 718. The van der Waals surface area contributed by atoms with Gasteiger partial charge < -0.3 is 5.32 Å². The summed E-state index contributed by atoms with van der Waals surface area (Å²) in [5.41, 5.74) is 5.50. The summed E-state index contributed by atoms with van der Waals surface area (Å²) >= 11 is 5.75. The van der Waals surface area contributed by atoms with E-state index in [-0.39, 0.29) is 18.9 Å². The van der Waals surface area contributed by atoms with Crippen molar-refractivity contribution in [2.45, 2.75) is 6.42 Å². The summed E-state index contributed by atoms with van der Waals surface area (Å²) in [7, 11) is 0. The van der Waals surface area contributed by atoms with E-state index in [1.54, 1.807) is 54.6 Å². The molecule has 124 valence electrons. The highest BCUT2D eigenvalue weighted by Gasteiger charge is 2.08. The lowest BCUT2D eigenvalue weighted by molar-refractivity contribution is -0.121. The third-order valence-corrected chi connectivity index (χ3v) is 3.35. The van der Waals surface area contributed by atoms with Crippen molar-refractivity contribution in [3.63, 3.8) is 0 Å². The Morgan fingerprint density at radius 2 is 1.42 bits per heavy atom. The van der Waals surface area contributed by atoms with E-state index < -0.39 is 11.8 Å². The number of nitrogens with one attached hydrogen (secondary N) is 3. The maximum Gasteiger partial charge on any atom is 0.269 e. The van der Waals surface area contributed by atoms with Crippen LogP contribution in [0.4, 0.5) is 0 Å². The minimum Gasteiger partial charge on any atom is -0.352 e. The number of carbonyl (C=O) groups is 3. The van der Waals surface area contributed by atoms with Gasteiger partial charge in [0.05, 0.1) is 0 Å². The van der Waals surface area contributed by atoms with Crippen molar-refractivity contribution in [2.24, 2.45) is 0 Å². The third kappa shape index (κ3) is 5.40.